The van der Waals surface area contributed by atoms with Gasteiger partial charge < -0.3 is 15.7 Å². The molecule has 1 heterocycles. The molecular formula is C12H24N2O2. The average Bonchev–Trinajstić information content (AvgIpc) is 2.56. The van der Waals surface area contributed by atoms with Crippen molar-refractivity contribution in [2.24, 2.45) is 0 Å². The minimum Gasteiger partial charge on any atom is -0.396 e. The van der Waals surface area contributed by atoms with Crippen LogP contribution in [0.3, 0.4) is 0 Å². The SMILES string of the molecule is CCC(CCO)NC(=O)C1CCCCCN1. The maximum Gasteiger partial charge on any atom is 0.237 e. The maximum atomic E-state index is 11.9. The van der Waals surface area contributed by atoms with Crippen LogP contribution in [0.15, 0.2) is 0 Å². The van der Waals surface area contributed by atoms with E-state index >= 15 is 0 Å². The third kappa shape index (κ3) is 4.49. The summed E-state index contributed by atoms with van der Waals surface area (Å²) in [5.74, 6) is 0.0993. The first-order chi connectivity index (χ1) is 7.77. The number of aliphatic hydroxyl groups excluding tert-OH is 1. The van der Waals surface area contributed by atoms with E-state index in [0.717, 1.165) is 32.2 Å². The molecule has 0 bridgehead atoms. The summed E-state index contributed by atoms with van der Waals surface area (Å²) in [5, 5.41) is 15.2. The third-order valence-corrected chi connectivity index (χ3v) is 3.19. The molecule has 1 fully saturated rings. The largest absolute Gasteiger partial charge is 0.396 e. The lowest BCUT2D eigenvalue weighted by Gasteiger charge is -2.21. The summed E-state index contributed by atoms with van der Waals surface area (Å²) in [4.78, 5) is 11.9. The summed E-state index contributed by atoms with van der Waals surface area (Å²) < 4.78 is 0. The van der Waals surface area contributed by atoms with Gasteiger partial charge in [-0.1, -0.05) is 19.8 Å². The molecule has 0 aromatic rings. The van der Waals surface area contributed by atoms with Crippen molar-refractivity contribution in [3.63, 3.8) is 0 Å². The second-order valence-corrected chi connectivity index (χ2v) is 4.48. The van der Waals surface area contributed by atoms with E-state index in [1.807, 2.05) is 6.92 Å². The van der Waals surface area contributed by atoms with E-state index < -0.39 is 0 Å². The standard InChI is InChI=1S/C12H24N2O2/c1-2-10(7-9-15)14-12(16)11-6-4-3-5-8-13-11/h10-11,13,15H,2-9H2,1H3,(H,14,16). The molecule has 1 amide bonds. The summed E-state index contributed by atoms with van der Waals surface area (Å²) >= 11 is 0. The molecule has 1 saturated heterocycles. The lowest BCUT2D eigenvalue weighted by Crippen LogP contribution is -2.47. The molecule has 4 heteroatoms. The van der Waals surface area contributed by atoms with Gasteiger partial charge in [-0.05, 0) is 32.2 Å². The molecule has 94 valence electrons. The Labute approximate surface area is 97.8 Å². The van der Waals surface area contributed by atoms with Crippen LogP contribution in [0.5, 0.6) is 0 Å². The number of hydrogen-bond acceptors (Lipinski definition) is 3. The van der Waals surface area contributed by atoms with E-state index in [-0.39, 0.29) is 24.6 Å². The Bertz CT molecular complexity index is 201. The number of aliphatic hydroxyl groups is 1. The third-order valence-electron chi connectivity index (χ3n) is 3.19. The highest BCUT2D eigenvalue weighted by Gasteiger charge is 2.21. The van der Waals surface area contributed by atoms with Gasteiger partial charge in [0.05, 0.1) is 6.04 Å². The molecule has 0 spiro atoms. The molecule has 0 aromatic heterocycles. The van der Waals surface area contributed by atoms with Crippen molar-refractivity contribution in [3.05, 3.63) is 0 Å². The van der Waals surface area contributed by atoms with E-state index in [0.29, 0.717) is 6.42 Å². The topological polar surface area (TPSA) is 61.4 Å². The van der Waals surface area contributed by atoms with Gasteiger partial charge in [0.15, 0.2) is 0 Å². The van der Waals surface area contributed by atoms with E-state index in [4.69, 9.17) is 5.11 Å². The molecule has 0 aromatic carbocycles. The number of carbonyl (C=O) groups is 1. The molecule has 4 nitrogen and oxygen atoms in total. The van der Waals surface area contributed by atoms with Crippen molar-refractivity contribution >= 4 is 5.91 Å². The molecule has 0 radical (unpaired) electrons. The molecule has 2 atom stereocenters. The molecular weight excluding hydrogens is 204 g/mol. The number of hydrogen-bond donors (Lipinski definition) is 3. The Morgan fingerprint density at radius 1 is 1.50 bits per heavy atom. The fourth-order valence-corrected chi connectivity index (χ4v) is 2.09. The number of carbonyl (C=O) groups excluding carboxylic acids is 1. The van der Waals surface area contributed by atoms with Crippen LogP contribution in [-0.4, -0.2) is 36.2 Å². The lowest BCUT2D eigenvalue weighted by molar-refractivity contribution is -0.124. The highest BCUT2D eigenvalue weighted by atomic mass is 16.3. The zero-order valence-electron chi connectivity index (χ0n) is 10.2. The highest BCUT2D eigenvalue weighted by molar-refractivity contribution is 5.82. The maximum absolute atomic E-state index is 11.9. The van der Waals surface area contributed by atoms with Crippen molar-refractivity contribution in [2.75, 3.05) is 13.2 Å². The first-order valence-corrected chi connectivity index (χ1v) is 6.42. The Morgan fingerprint density at radius 2 is 2.31 bits per heavy atom. The van der Waals surface area contributed by atoms with Gasteiger partial charge in [0.1, 0.15) is 0 Å². The van der Waals surface area contributed by atoms with E-state index in [1.165, 1.54) is 6.42 Å². The van der Waals surface area contributed by atoms with E-state index in [1.54, 1.807) is 0 Å². The molecule has 1 aliphatic heterocycles. The fraction of sp³-hybridized carbons (Fsp3) is 0.917. The molecule has 16 heavy (non-hydrogen) atoms. The van der Waals surface area contributed by atoms with Gasteiger partial charge in [-0.25, -0.2) is 0 Å². The van der Waals surface area contributed by atoms with Gasteiger partial charge in [0.2, 0.25) is 5.91 Å². The zero-order valence-corrected chi connectivity index (χ0v) is 10.2. The number of amides is 1. The molecule has 1 aliphatic rings. The van der Waals surface area contributed by atoms with Gasteiger partial charge in [-0.15, -0.1) is 0 Å². The summed E-state index contributed by atoms with van der Waals surface area (Å²) in [6.07, 6.45) is 5.96. The van der Waals surface area contributed by atoms with Crippen molar-refractivity contribution < 1.29 is 9.90 Å². The van der Waals surface area contributed by atoms with Crippen LogP contribution in [0.1, 0.15) is 45.4 Å². The second-order valence-electron chi connectivity index (χ2n) is 4.48. The summed E-state index contributed by atoms with van der Waals surface area (Å²) in [7, 11) is 0. The summed E-state index contributed by atoms with van der Waals surface area (Å²) in [6.45, 7) is 3.10. The van der Waals surface area contributed by atoms with Gasteiger partial charge >= 0.3 is 0 Å². The van der Waals surface area contributed by atoms with E-state index in [2.05, 4.69) is 10.6 Å². The predicted molar refractivity (Wildman–Crippen MR) is 64.2 cm³/mol. The van der Waals surface area contributed by atoms with Crippen molar-refractivity contribution in [2.45, 2.75) is 57.5 Å². The van der Waals surface area contributed by atoms with Crippen molar-refractivity contribution in [3.8, 4) is 0 Å². The highest BCUT2D eigenvalue weighted by Crippen LogP contribution is 2.09. The van der Waals surface area contributed by atoms with Crippen LogP contribution in [0.4, 0.5) is 0 Å². The summed E-state index contributed by atoms with van der Waals surface area (Å²) in [6, 6.07) is 0.0813. The molecule has 2 unspecified atom stereocenters. The van der Waals surface area contributed by atoms with Crippen LogP contribution in [-0.2, 0) is 4.79 Å². The van der Waals surface area contributed by atoms with E-state index in [9.17, 15) is 4.79 Å². The quantitative estimate of drug-likeness (QED) is 0.652. The van der Waals surface area contributed by atoms with Gasteiger partial charge in [0, 0.05) is 12.6 Å². The van der Waals surface area contributed by atoms with Crippen LogP contribution in [0.25, 0.3) is 0 Å². The average molecular weight is 228 g/mol. The molecule has 0 aliphatic carbocycles. The predicted octanol–water partition coefficient (Wildman–Crippen LogP) is 0.796. The van der Waals surface area contributed by atoms with Gasteiger partial charge in [-0.3, -0.25) is 4.79 Å². The zero-order chi connectivity index (χ0) is 11.8. The smallest absolute Gasteiger partial charge is 0.237 e. The second kappa shape index (κ2) is 7.63. The van der Waals surface area contributed by atoms with Crippen LogP contribution < -0.4 is 10.6 Å². The first kappa shape index (κ1) is 13.5. The Kier molecular flexibility index (Phi) is 6.42. The van der Waals surface area contributed by atoms with Crippen LogP contribution in [0.2, 0.25) is 0 Å². The Morgan fingerprint density at radius 3 is 3.00 bits per heavy atom. The van der Waals surface area contributed by atoms with Crippen molar-refractivity contribution in [1.29, 1.82) is 0 Å². The monoisotopic (exact) mass is 228 g/mol. The first-order valence-electron chi connectivity index (χ1n) is 6.42. The van der Waals surface area contributed by atoms with Crippen LogP contribution in [0, 0.1) is 0 Å². The normalized spacial score (nSPS) is 23.5. The lowest BCUT2D eigenvalue weighted by atomic mass is 10.1. The molecule has 3 N–H and O–H groups in total. The number of nitrogens with one attached hydrogen (secondary N) is 2. The minimum absolute atomic E-state index is 0.0322. The van der Waals surface area contributed by atoms with Crippen LogP contribution >= 0.6 is 0 Å². The minimum atomic E-state index is -0.0322. The molecule has 0 saturated carbocycles. The molecule has 1 rings (SSSR count). The Balaban J connectivity index is 2.36. The fourth-order valence-electron chi connectivity index (χ4n) is 2.09. The summed E-state index contributed by atoms with van der Waals surface area (Å²) in [5.41, 5.74) is 0. The van der Waals surface area contributed by atoms with Crippen molar-refractivity contribution in [1.82, 2.24) is 10.6 Å². The number of rotatable bonds is 5. The Hall–Kier alpha value is -0.610. The van der Waals surface area contributed by atoms with Gasteiger partial charge in [-0.2, -0.15) is 0 Å². The van der Waals surface area contributed by atoms with Gasteiger partial charge in [0.25, 0.3) is 0 Å².